The van der Waals surface area contributed by atoms with Crippen LogP contribution < -0.4 is 0 Å². The van der Waals surface area contributed by atoms with Gasteiger partial charge in [0.2, 0.25) is 5.89 Å². The number of nitrogens with zero attached hydrogens (tertiary/aromatic N) is 2. The Bertz CT molecular complexity index is 1140. The van der Waals surface area contributed by atoms with E-state index in [2.05, 4.69) is 9.98 Å². The number of fused-ring (bicyclic) bond motifs is 1. The Morgan fingerprint density at radius 2 is 1.81 bits per heavy atom. The molecular formula is C23H17ClN2O. The maximum absolute atomic E-state index is 5.90. The van der Waals surface area contributed by atoms with Gasteiger partial charge in [-0.1, -0.05) is 48.0 Å². The quantitative estimate of drug-likeness (QED) is 0.366. The highest BCUT2D eigenvalue weighted by molar-refractivity contribution is 6.30. The van der Waals surface area contributed by atoms with Crippen LogP contribution in [0.1, 0.15) is 11.1 Å². The van der Waals surface area contributed by atoms with Crippen molar-refractivity contribution in [3.63, 3.8) is 0 Å². The number of hydrogen-bond donors (Lipinski definition) is 0. The summed E-state index contributed by atoms with van der Waals surface area (Å²) in [6, 6.07) is 21.4. The van der Waals surface area contributed by atoms with Gasteiger partial charge in [0.15, 0.2) is 5.58 Å². The zero-order chi connectivity index (χ0) is 18.6. The van der Waals surface area contributed by atoms with E-state index in [-0.39, 0.29) is 0 Å². The van der Waals surface area contributed by atoms with E-state index >= 15 is 0 Å². The molecule has 1 heterocycles. The molecule has 4 aromatic rings. The summed E-state index contributed by atoms with van der Waals surface area (Å²) in [5.74, 6) is 0.631. The average molecular weight is 373 g/mol. The van der Waals surface area contributed by atoms with E-state index in [4.69, 9.17) is 16.0 Å². The third-order valence-electron chi connectivity index (χ3n) is 4.21. The predicted molar refractivity (Wildman–Crippen MR) is 113 cm³/mol. The second kappa shape index (κ2) is 7.60. The molecule has 0 fully saturated rings. The van der Waals surface area contributed by atoms with Gasteiger partial charge in [0.05, 0.1) is 5.69 Å². The minimum atomic E-state index is 0.631. The Morgan fingerprint density at radius 1 is 1.00 bits per heavy atom. The molecule has 0 atom stereocenters. The first-order chi connectivity index (χ1) is 13.2. The monoisotopic (exact) mass is 372 g/mol. The number of aliphatic imine (C=N–C) groups is 1. The molecule has 0 spiro atoms. The summed E-state index contributed by atoms with van der Waals surface area (Å²) in [6.45, 7) is 2.05. The van der Waals surface area contributed by atoms with Gasteiger partial charge >= 0.3 is 0 Å². The lowest BCUT2D eigenvalue weighted by Crippen LogP contribution is -1.81. The van der Waals surface area contributed by atoms with Gasteiger partial charge in [0.1, 0.15) is 5.52 Å². The zero-order valence-electron chi connectivity index (χ0n) is 14.8. The van der Waals surface area contributed by atoms with Crippen molar-refractivity contribution in [1.29, 1.82) is 0 Å². The highest BCUT2D eigenvalue weighted by atomic mass is 35.5. The fourth-order valence-electron chi connectivity index (χ4n) is 2.78. The first-order valence-corrected chi connectivity index (χ1v) is 9.00. The second-order valence-corrected chi connectivity index (χ2v) is 6.61. The molecule has 0 radical (unpaired) electrons. The molecule has 132 valence electrons. The molecule has 0 aliphatic heterocycles. The van der Waals surface area contributed by atoms with Crippen LogP contribution in [-0.2, 0) is 0 Å². The second-order valence-electron chi connectivity index (χ2n) is 6.17. The van der Waals surface area contributed by atoms with Crippen molar-refractivity contribution < 1.29 is 4.42 Å². The summed E-state index contributed by atoms with van der Waals surface area (Å²) in [5, 5.41) is 0.729. The van der Waals surface area contributed by atoms with Crippen LogP contribution >= 0.6 is 11.6 Å². The molecule has 0 saturated carbocycles. The van der Waals surface area contributed by atoms with Gasteiger partial charge in [0, 0.05) is 16.8 Å². The van der Waals surface area contributed by atoms with E-state index < -0.39 is 0 Å². The lowest BCUT2D eigenvalue weighted by atomic mass is 10.1. The van der Waals surface area contributed by atoms with Crippen LogP contribution in [0, 0.1) is 6.92 Å². The molecule has 0 amide bonds. The van der Waals surface area contributed by atoms with Gasteiger partial charge in [-0.05, 0) is 60.5 Å². The Kier molecular flexibility index (Phi) is 4.86. The van der Waals surface area contributed by atoms with Crippen molar-refractivity contribution in [2.75, 3.05) is 0 Å². The van der Waals surface area contributed by atoms with Gasteiger partial charge < -0.3 is 4.42 Å². The number of hydrogen-bond acceptors (Lipinski definition) is 3. The van der Waals surface area contributed by atoms with Gasteiger partial charge in [-0.3, -0.25) is 4.99 Å². The minimum Gasteiger partial charge on any atom is -0.436 e. The van der Waals surface area contributed by atoms with Crippen LogP contribution in [0.5, 0.6) is 0 Å². The number of aromatic nitrogens is 1. The molecule has 0 N–H and O–H groups in total. The SMILES string of the molecule is Cc1ccccc1-c1nc2cc(N=C/C=C/c3ccc(Cl)cc3)ccc2o1. The molecule has 1 aromatic heterocycles. The van der Waals surface area contributed by atoms with Crippen LogP contribution in [0.3, 0.4) is 0 Å². The summed E-state index contributed by atoms with van der Waals surface area (Å²) < 4.78 is 5.90. The van der Waals surface area contributed by atoms with Crippen molar-refractivity contribution in [2.24, 2.45) is 4.99 Å². The molecule has 4 heteroatoms. The highest BCUT2D eigenvalue weighted by Crippen LogP contribution is 2.28. The summed E-state index contributed by atoms with van der Waals surface area (Å²) in [4.78, 5) is 9.09. The number of rotatable bonds is 4. The molecule has 3 nitrogen and oxygen atoms in total. The lowest BCUT2D eigenvalue weighted by Gasteiger charge is -1.98. The maximum Gasteiger partial charge on any atom is 0.227 e. The predicted octanol–water partition coefficient (Wildman–Crippen LogP) is 6.87. The third-order valence-corrected chi connectivity index (χ3v) is 4.47. The van der Waals surface area contributed by atoms with Gasteiger partial charge in [-0.2, -0.15) is 0 Å². The smallest absolute Gasteiger partial charge is 0.227 e. The van der Waals surface area contributed by atoms with Crippen LogP contribution in [-0.4, -0.2) is 11.2 Å². The minimum absolute atomic E-state index is 0.631. The van der Waals surface area contributed by atoms with E-state index in [9.17, 15) is 0 Å². The van der Waals surface area contributed by atoms with Gasteiger partial charge in [-0.25, -0.2) is 4.98 Å². The largest absolute Gasteiger partial charge is 0.436 e. The Morgan fingerprint density at radius 3 is 2.63 bits per heavy atom. The van der Waals surface area contributed by atoms with Gasteiger partial charge in [-0.15, -0.1) is 0 Å². The van der Waals surface area contributed by atoms with E-state index in [1.807, 2.05) is 85.8 Å². The summed E-state index contributed by atoms with van der Waals surface area (Å²) in [7, 11) is 0. The Labute approximate surface area is 162 Å². The van der Waals surface area contributed by atoms with Crippen LogP contribution in [0.25, 0.3) is 28.6 Å². The van der Waals surface area contributed by atoms with Gasteiger partial charge in [0.25, 0.3) is 0 Å². The third kappa shape index (κ3) is 3.99. The van der Waals surface area contributed by atoms with Crippen LogP contribution in [0.2, 0.25) is 5.02 Å². The first-order valence-electron chi connectivity index (χ1n) is 8.62. The molecule has 0 unspecified atom stereocenters. The number of benzene rings is 3. The number of allylic oxidation sites excluding steroid dienone is 1. The fourth-order valence-corrected chi connectivity index (χ4v) is 2.91. The first kappa shape index (κ1) is 17.3. The van der Waals surface area contributed by atoms with Crippen LogP contribution in [0.4, 0.5) is 5.69 Å². The number of halogens is 1. The molecule has 0 saturated heterocycles. The Balaban J connectivity index is 1.55. The van der Waals surface area contributed by atoms with Crippen molar-refractivity contribution >= 4 is 40.7 Å². The lowest BCUT2D eigenvalue weighted by molar-refractivity contribution is 0.619. The molecule has 3 aromatic carbocycles. The standard InChI is InChI=1S/C23H17ClN2O/c1-16-5-2-3-7-20(16)23-26-21-15-19(12-13-22(21)27-23)25-14-4-6-17-8-10-18(24)11-9-17/h2-15H,1H3/b6-4+,25-14?. The summed E-state index contributed by atoms with van der Waals surface area (Å²) in [5.41, 5.74) is 5.58. The molecule has 27 heavy (non-hydrogen) atoms. The van der Waals surface area contributed by atoms with Crippen molar-refractivity contribution in [1.82, 2.24) is 4.98 Å². The van der Waals surface area contributed by atoms with E-state index in [0.29, 0.717) is 5.89 Å². The highest BCUT2D eigenvalue weighted by Gasteiger charge is 2.10. The van der Waals surface area contributed by atoms with Crippen molar-refractivity contribution in [3.05, 3.63) is 89.0 Å². The zero-order valence-corrected chi connectivity index (χ0v) is 15.5. The number of oxazole rings is 1. The summed E-state index contributed by atoms with van der Waals surface area (Å²) >= 11 is 5.89. The molecule has 4 rings (SSSR count). The topological polar surface area (TPSA) is 38.4 Å². The van der Waals surface area contributed by atoms with E-state index in [1.54, 1.807) is 6.21 Å². The van der Waals surface area contributed by atoms with Crippen molar-refractivity contribution in [3.8, 4) is 11.5 Å². The number of aryl methyl sites for hydroxylation is 1. The Hall–Kier alpha value is -3.17. The van der Waals surface area contributed by atoms with Crippen LogP contribution in [0.15, 0.2) is 82.2 Å². The van der Waals surface area contributed by atoms with E-state index in [0.717, 1.165) is 38.5 Å². The molecule has 0 bridgehead atoms. The molecular weight excluding hydrogens is 356 g/mol. The normalized spacial score (nSPS) is 11.8. The average Bonchev–Trinajstić information content (AvgIpc) is 3.10. The van der Waals surface area contributed by atoms with E-state index in [1.165, 1.54) is 0 Å². The fraction of sp³-hybridized carbons (Fsp3) is 0.0435. The molecule has 0 aliphatic carbocycles. The summed E-state index contributed by atoms with van der Waals surface area (Å²) in [6.07, 6.45) is 5.64. The molecule has 0 aliphatic rings. The van der Waals surface area contributed by atoms with Crippen molar-refractivity contribution in [2.45, 2.75) is 6.92 Å². The maximum atomic E-state index is 5.90.